The van der Waals surface area contributed by atoms with Crippen molar-refractivity contribution >= 4 is 49.3 Å². The number of fused-ring (bicyclic) bond motifs is 7. The van der Waals surface area contributed by atoms with Gasteiger partial charge in [0.25, 0.3) is 0 Å². The number of hydrogen-bond acceptors (Lipinski definition) is 3. The Hall–Kier alpha value is -4.64. The molecular weight excluding hydrogens is 603 g/mol. The predicted octanol–water partition coefficient (Wildman–Crippen LogP) is 11.2. The highest BCUT2D eigenvalue weighted by atomic mass is 32.1. The van der Waals surface area contributed by atoms with Crippen molar-refractivity contribution in [3.05, 3.63) is 160 Å². The van der Waals surface area contributed by atoms with Crippen LogP contribution in [-0.2, 0) is 12.8 Å². The molecule has 0 radical (unpaired) electrons. The fourth-order valence-electron chi connectivity index (χ4n) is 8.73. The Labute approximate surface area is 286 Å². The van der Waals surface area contributed by atoms with Gasteiger partial charge in [0.1, 0.15) is 0 Å². The molecule has 3 heterocycles. The molecule has 4 aliphatic carbocycles. The van der Waals surface area contributed by atoms with Crippen LogP contribution in [0.1, 0.15) is 77.6 Å². The molecule has 1 aliphatic heterocycles. The molecule has 3 aromatic carbocycles. The lowest BCUT2D eigenvalue weighted by molar-refractivity contribution is 0.387. The third kappa shape index (κ3) is 4.65. The second-order valence-electron chi connectivity index (χ2n) is 13.9. The number of nitrogens with zero attached hydrogens (tertiary/aromatic N) is 1. The number of hydrogen-bond donors (Lipinski definition) is 2. The van der Waals surface area contributed by atoms with E-state index in [9.17, 15) is 0 Å². The minimum atomic E-state index is -0.0587. The lowest BCUT2D eigenvalue weighted by atomic mass is 9.84. The standard InChI is InChI=1S/C44H39N3S/c1-2-10-28(11-3-1)29-18-20-30(21-19-29)43-36-14-4-7-15-38(36)45-44(46-43)47-39-16-8-5-12-33(39)34-24-22-32(27-40(34)47)31-23-25-42-37(26-31)35-13-6-9-17-41(35)48-42/h2,4,6-11,13-18,20-26,29,32,43-46H,1,3,5,12,19,27H2. The summed E-state index contributed by atoms with van der Waals surface area (Å²) in [5, 5.41) is 10.8. The second kappa shape index (κ2) is 11.5. The van der Waals surface area contributed by atoms with Crippen molar-refractivity contribution in [3.63, 3.8) is 0 Å². The monoisotopic (exact) mass is 641 g/mol. The van der Waals surface area contributed by atoms with Crippen molar-refractivity contribution < 1.29 is 0 Å². The maximum atomic E-state index is 4.12. The fraction of sp³-hybridized carbons (Fsp3) is 0.227. The molecule has 48 heavy (non-hydrogen) atoms. The van der Waals surface area contributed by atoms with Crippen LogP contribution in [-0.4, -0.2) is 4.57 Å². The molecule has 4 heteroatoms. The average molecular weight is 642 g/mol. The summed E-state index contributed by atoms with van der Waals surface area (Å²) in [5.74, 6) is 0.803. The molecule has 3 nitrogen and oxygen atoms in total. The van der Waals surface area contributed by atoms with Crippen LogP contribution in [0.2, 0.25) is 0 Å². The van der Waals surface area contributed by atoms with Gasteiger partial charge in [-0.15, -0.1) is 11.3 Å². The Bertz CT molecular complexity index is 2280. The molecule has 0 saturated carbocycles. The molecule has 2 aromatic heterocycles. The lowest BCUT2D eigenvalue weighted by Crippen LogP contribution is -2.42. The highest BCUT2D eigenvalue weighted by Crippen LogP contribution is 2.44. The highest BCUT2D eigenvalue weighted by molar-refractivity contribution is 7.25. The molecular formula is C44H39N3S. The summed E-state index contributed by atoms with van der Waals surface area (Å²) >= 11 is 1.90. The van der Waals surface area contributed by atoms with Crippen molar-refractivity contribution in [2.24, 2.45) is 5.92 Å². The second-order valence-corrected chi connectivity index (χ2v) is 15.0. The molecule has 236 valence electrons. The van der Waals surface area contributed by atoms with Gasteiger partial charge in [0.05, 0.1) is 6.04 Å². The summed E-state index contributed by atoms with van der Waals surface area (Å²) in [7, 11) is 0. The molecule has 10 rings (SSSR count). The van der Waals surface area contributed by atoms with Crippen molar-refractivity contribution in [3.8, 4) is 0 Å². The number of thiophene rings is 1. The van der Waals surface area contributed by atoms with E-state index in [0.717, 1.165) is 38.5 Å². The molecule has 0 fully saturated rings. The van der Waals surface area contributed by atoms with E-state index in [-0.39, 0.29) is 12.3 Å². The number of aromatic nitrogens is 1. The van der Waals surface area contributed by atoms with Gasteiger partial charge in [0.15, 0.2) is 6.29 Å². The first-order valence-electron chi connectivity index (χ1n) is 17.7. The molecule has 0 saturated heterocycles. The molecule has 4 atom stereocenters. The van der Waals surface area contributed by atoms with E-state index < -0.39 is 0 Å². The third-order valence-corrected chi connectivity index (χ3v) is 12.3. The minimum absolute atomic E-state index is 0.0587. The minimum Gasteiger partial charge on any atom is -0.352 e. The van der Waals surface area contributed by atoms with Crippen LogP contribution in [0.5, 0.6) is 0 Å². The van der Waals surface area contributed by atoms with Crippen LogP contribution in [0.25, 0.3) is 32.3 Å². The van der Waals surface area contributed by atoms with Crippen LogP contribution in [0.4, 0.5) is 5.69 Å². The number of para-hydroxylation sites is 1. The third-order valence-electron chi connectivity index (χ3n) is 11.1. The van der Waals surface area contributed by atoms with Gasteiger partial charge in [-0.2, -0.15) is 0 Å². The van der Waals surface area contributed by atoms with E-state index in [1.807, 2.05) is 11.3 Å². The van der Waals surface area contributed by atoms with E-state index in [0.29, 0.717) is 11.8 Å². The SMILES string of the molecule is C1=CC(C2C=CC(C3NC(n4c5c(c6c4CC(c4ccc7sc8ccccc8c7c4)C=C6)CCC=C5)Nc4ccccc43)=CC2)=CCC1. The van der Waals surface area contributed by atoms with E-state index >= 15 is 0 Å². The van der Waals surface area contributed by atoms with E-state index in [1.165, 1.54) is 70.6 Å². The number of allylic oxidation sites excluding steroid dienone is 8. The topological polar surface area (TPSA) is 29.0 Å². The zero-order chi connectivity index (χ0) is 31.6. The Morgan fingerprint density at radius 3 is 2.52 bits per heavy atom. The van der Waals surface area contributed by atoms with Crippen LogP contribution >= 0.6 is 11.3 Å². The molecule has 4 unspecified atom stereocenters. The summed E-state index contributed by atoms with van der Waals surface area (Å²) in [6.07, 6.45) is 30.5. The summed E-state index contributed by atoms with van der Waals surface area (Å²) < 4.78 is 5.34. The molecule has 5 aromatic rings. The van der Waals surface area contributed by atoms with Crippen molar-refractivity contribution in [2.45, 2.75) is 56.8 Å². The molecule has 0 spiro atoms. The van der Waals surface area contributed by atoms with Gasteiger partial charge in [-0.05, 0) is 102 Å². The number of anilines is 1. The van der Waals surface area contributed by atoms with E-state index in [1.54, 1.807) is 0 Å². The Balaban J connectivity index is 1.02. The number of rotatable bonds is 4. The van der Waals surface area contributed by atoms with Crippen molar-refractivity contribution in [1.82, 2.24) is 9.88 Å². The van der Waals surface area contributed by atoms with Gasteiger partial charge in [0, 0.05) is 49.1 Å². The summed E-state index contributed by atoms with van der Waals surface area (Å²) in [5.41, 5.74) is 12.5. The average Bonchev–Trinajstić information content (AvgIpc) is 3.70. The molecule has 2 N–H and O–H groups in total. The zero-order valence-corrected chi connectivity index (χ0v) is 27.8. The van der Waals surface area contributed by atoms with Gasteiger partial charge < -0.3 is 9.88 Å². The Kier molecular flexibility index (Phi) is 6.80. The predicted molar refractivity (Wildman–Crippen MR) is 203 cm³/mol. The van der Waals surface area contributed by atoms with E-state index in [2.05, 4.69) is 143 Å². The highest BCUT2D eigenvalue weighted by Gasteiger charge is 2.34. The summed E-state index contributed by atoms with van der Waals surface area (Å²) in [6, 6.07) is 25.0. The van der Waals surface area contributed by atoms with E-state index in [4.69, 9.17) is 0 Å². The van der Waals surface area contributed by atoms with Gasteiger partial charge in [-0.25, -0.2) is 0 Å². The van der Waals surface area contributed by atoms with Crippen LogP contribution in [0.3, 0.4) is 0 Å². The molecule has 0 amide bonds. The summed E-state index contributed by atoms with van der Waals surface area (Å²) in [6.45, 7) is 0. The first kappa shape index (κ1) is 28.4. The lowest BCUT2D eigenvalue weighted by Gasteiger charge is -2.38. The largest absolute Gasteiger partial charge is 0.352 e. The first-order chi connectivity index (χ1) is 23.8. The van der Waals surface area contributed by atoms with Crippen molar-refractivity contribution in [2.75, 3.05) is 5.32 Å². The zero-order valence-electron chi connectivity index (χ0n) is 27.0. The Morgan fingerprint density at radius 2 is 1.60 bits per heavy atom. The maximum Gasteiger partial charge on any atom is 0.160 e. The smallest absolute Gasteiger partial charge is 0.160 e. The fourth-order valence-corrected chi connectivity index (χ4v) is 9.82. The van der Waals surface area contributed by atoms with Crippen LogP contribution < -0.4 is 10.6 Å². The maximum absolute atomic E-state index is 4.12. The van der Waals surface area contributed by atoms with Crippen LogP contribution in [0.15, 0.2) is 126 Å². The number of nitrogens with one attached hydrogen (secondary N) is 2. The van der Waals surface area contributed by atoms with Gasteiger partial charge in [-0.1, -0.05) is 97.1 Å². The normalized spacial score (nSPS) is 24.2. The quantitative estimate of drug-likeness (QED) is 0.204. The van der Waals surface area contributed by atoms with Gasteiger partial charge in [-0.3, -0.25) is 5.32 Å². The van der Waals surface area contributed by atoms with Gasteiger partial charge in [0.2, 0.25) is 0 Å². The van der Waals surface area contributed by atoms with Gasteiger partial charge >= 0.3 is 0 Å². The molecule has 5 aliphatic rings. The summed E-state index contributed by atoms with van der Waals surface area (Å²) in [4.78, 5) is 0. The van der Waals surface area contributed by atoms with Crippen molar-refractivity contribution in [1.29, 1.82) is 0 Å². The first-order valence-corrected chi connectivity index (χ1v) is 18.5. The molecule has 0 bridgehead atoms. The van der Waals surface area contributed by atoms with Crippen LogP contribution in [0, 0.1) is 5.92 Å². The number of benzene rings is 3. The Morgan fingerprint density at radius 1 is 0.729 bits per heavy atom.